The van der Waals surface area contributed by atoms with Gasteiger partial charge >= 0.3 is 0 Å². The van der Waals surface area contributed by atoms with E-state index >= 15 is 0 Å². The number of aromatic amines is 1. The van der Waals surface area contributed by atoms with Crippen LogP contribution in [0.3, 0.4) is 0 Å². The van der Waals surface area contributed by atoms with Crippen molar-refractivity contribution in [1.29, 1.82) is 0 Å². The Morgan fingerprint density at radius 3 is 2.59 bits per heavy atom. The molecule has 1 aliphatic rings. The molecule has 5 rings (SSSR count). The minimum absolute atomic E-state index is 0.0566. The summed E-state index contributed by atoms with van der Waals surface area (Å²) in [4.78, 5) is 18.0. The predicted molar refractivity (Wildman–Crippen MR) is 133 cm³/mol. The van der Waals surface area contributed by atoms with Crippen molar-refractivity contribution in [3.8, 4) is 5.82 Å². The van der Waals surface area contributed by atoms with Crippen molar-refractivity contribution in [3.63, 3.8) is 0 Å². The normalized spacial score (nSPS) is 13.6. The van der Waals surface area contributed by atoms with E-state index in [1.54, 1.807) is 0 Å². The van der Waals surface area contributed by atoms with Gasteiger partial charge in [0.1, 0.15) is 0 Å². The van der Waals surface area contributed by atoms with Crippen molar-refractivity contribution in [2.24, 2.45) is 0 Å². The number of aryl methyl sites for hydroxylation is 1. The molecule has 1 aromatic carbocycles. The second-order valence-electron chi connectivity index (χ2n) is 8.96. The molecule has 34 heavy (non-hydrogen) atoms. The highest BCUT2D eigenvalue weighted by Crippen LogP contribution is 2.21. The molecule has 1 saturated heterocycles. The Morgan fingerprint density at radius 2 is 1.79 bits per heavy atom. The van der Waals surface area contributed by atoms with Gasteiger partial charge in [-0.05, 0) is 68.9 Å². The third-order valence-electron chi connectivity index (χ3n) is 6.72. The summed E-state index contributed by atoms with van der Waals surface area (Å²) in [7, 11) is 0. The zero-order chi connectivity index (χ0) is 23.5. The molecular formula is C26H31N7O. The zero-order valence-electron chi connectivity index (χ0n) is 19.8. The van der Waals surface area contributed by atoms with Gasteiger partial charge in [-0.2, -0.15) is 5.10 Å². The first-order valence-electron chi connectivity index (χ1n) is 12.1. The SMILES string of the molecule is Cc1nn(-c2ccc(N3CCCC3)nn2)c(C)c1CCC(=O)NCCc1c[nH]c2ccccc12. The summed E-state index contributed by atoms with van der Waals surface area (Å²) in [6, 6.07) is 12.2. The molecule has 1 amide bonds. The molecule has 0 aliphatic carbocycles. The molecule has 176 valence electrons. The lowest BCUT2D eigenvalue weighted by Gasteiger charge is -2.15. The topological polar surface area (TPSA) is 91.7 Å². The molecule has 0 spiro atoms. The number of hydrogen-bond acceptors (Lipinski definition) is 5. The maximum Gasteiger partial charge on any atom is 0.220 e. The minimum atomic E-state index is 0.0566. The van der Waals surface area contributed by atoms with Crippen LogP contribution in [0.2, 0.25) is 0 Å². The Labute approximate surface area is 199 Å². The number of aromatic nitrogens is 5. The number of anilines is 1. The van der Waals surface area contributed by atoms with Gasteiger partial charge in [0.2, 0.25) is 5.91 Å². The van der Waals surface area contributed by atoms with Crippen LogP contribution in [0, 0.1) is 13.8 Å². The van der Waals surface area contributed by atoms with Crippen LogP contribution in [-0.4, -0.2) is 50.5 Å². The number of amides is 1. The zero-order valence-corrected chi connectivity index (χ0v) is 19.8. The number of rotatable bonds is 8. The molecular weight excluding hydrogens is 426 g/mol. The standard InChI is InChI=1S/C26H31N7O/c1-18-21(9-12-26(34)27-14-13-20-17-28-23-8-4-3-7-22(20)23)19(2)33(31-18)25-11-10-24(29-30-25)32-15-5-6-16-32/h3-4,7-8,10-11,17,28H,5-6,9,12-16H2,1-2H3,(H,27,34). The van der Waals surface area contributed by atoms with Crippen LogP contribution in [0.5, 0.6) is 0 Å². The van der Waals surface area contributed by atoms with Gasteiger partial charge in [0, 0.05) is 48.8 Å². The molecule has 2 N–H and O–H groups in total. The molecule has 0 atom stereocenters. The largest absolute Gasteiger partial charge is 0.361 e. The van der Waals surface area contributed by atoms with Crippen molar-refractivity contribution in [1.82, 2.24) is 30.3 Å². The number of nitrogens with zero attached hydrogens (tertiary/aromatic N) is 5. The monoisotopic (exact) mass is 457 g/mol. The van der Waals surface area contributed by atoms with Crippen LogP contribution in [-0.2, 0) is 17.6 Å². The Balaban J connectivity index is 1.17. The summed E-state index contributed by atoms with van der Waals surface area (Å²) < 4.78 is 1.83. The number of para-hydroxylation sites is 1. The Hall–Kier alpha value is -3.68. The highest BCUT2D eigenvalue weighted by Gasteiger charge is 2.17. The quantitative estimate of drug-likeness (QED) is 0.421. The van der Waals surface area contributed by atoms with Crippen LogP contribution in [0.4, 0.5) is 5.82 Å². The number of benzene rings is 1. The molecule has 0 unspecified atom stereocenters. The van der Waals surface area contributed by atoms with Crippen molar-refractivity contribution in [3.05, 3.63) is 65.1 Å². The summed E-state index contributed by atoms with van der Waals surface area (Å²) in [5, 5.41) is 17.8. The second kappa shape index (κ2) is 9.67. The molecule has 0 saturated carbocycles. The highest BCUT2D eigenvalue weighted by molar-refractivity contribution is 5.83. The Morgan fingerprint density at radius 1 is 1.03 bits per heavy atom. The average Bonchev–Trinajstić information content (AvgIpc) is 3.59. The molecule has 1 fully saturated rings. The van der Waals surface area contributed by atoms with Gasteiger partial charge in [0.15, 0.2) is 11.6 Å². The van der Waals surface area contributed by atoms with E-state index < -0.39 is 0 Å². The van der Waals surface area contributed by atoms with Crippen LogP contribution in [0.15, 0.2) is 42.6 Å². The summed E-state index contributed by atoms with van der Waals surface area (Å²) in [6.45, 7) is 6.72. The summed E-state index contributed by atoms with van der Waals surface area (Å²) in [6.07, 6.45) is 6.33. The predicted octanol–water partition coefficient (Wildman–Crippen LogP) is 3.65. The molecule has 8 heteroatoms. The maximum absolute atomic E-state index is 12.5. The van der Waals surface area contributed by atoms with Gasteiger partial charge in [0.25, 0.3) is 0 Å². The van der Waals surface area contributed by atoms with Crippen LogP contribution < -0.4 is 10.2 Å². The van der Waals surface area contributed by atoms with Crippen molar-refractivity contribution < 1.29 is 4.79 Å². The molecule has 1 aliphatic heterocycles. The number of carbonyl (C=O) groups excluding carboxylic acids is 1. The first kappa shape index (κ1) is 22.1. The fourth-order valence-electron chi connectivity index (χ4n) is 4.81. The Bertz CT molecular complexity index is 1280. The van der Waals surface area contributed by atoms with Crippen molar-refractivity contribution in [2.45, 2.75) is 46.0 Å². The molecule has 0 radical (unpaired) electrons. The maximum atomic E-state index is 12.5. The molecule has 8 nitrogen and oxygen atoms in total. The van der Waals surface area contributed by atoms with E-state index in [1.807, 2.05) is 49.0 Å². The van der Waals surface area contributed by atoms with E-state index in [4.69, 9.17) is 0 Å². The average molecular weight is 458 g/mol. The number of H-pyrrole nitrogens is 1. The van der Waals surface area contributed by atoms with Gasteiger partial charge in [-0.25, -0.2) is 4.68 Å². The first-order valence-corrected chi connectivity index (χ1v) is 12.1. The van der Waals surface area contributed by atoms with Gasteiger partial charge in [0.05, 0.1) is 5.69 Å². The Kier molecular flexibility index (Phi) is 6.29. The molecule has 4 aromatic rings. The number of nitrogens with one attached hydrogen (secondary N) is 2. The van der Waals surface area contributed by atoms with Gasteiger partial charge < -0.3 is 15.2 Å². The van der Waals surface area contributed by atoms with Crippen LogP contribution in [0.25, 0.3) is 16.7 Å². The van der Waals surface area contributed by atoms with E-state index in [-0.39, 0.29) is 5.91 Å². The molecule has 3 aromatic heterocycles. The summed E-state index contributed by atoms with van der Waals surface area (Å²) in [5.41, 5.74) is 5.38. The number of fused-ring (bicyclic) bond motifs is 1. The van der Waals surface area contributed by atoms with Crippen molar-refractivity contribution in [2.75, 3.05) is 24.5 Å². The first-order chi connectivity index (χ1) is 16.6. The summed E-state index contributed by atoms with van der Waals surface area (Å²) in [5.74, 6) is 1.69. The van der Waals surface area contributed by atoms with Crippen molar-refractivity contribution >= 4 is 22.6 Å². The molecule has 0 bridgehead atoms. The number of carbonyl (C=O) groups is 1. The molecule has 4 heterocycles. The number of hydrogen-bond donors (Lipinski definition) is 2. The van der Waals surface area contributed by atoms with Gasteiger partial charge in [-0.3, -0.25) is 4.79 Å². The fourth-order valence-corrected chi connectivity index (χ4v) is 4.81. The lowest BCUT2D eigenvalue weighted by Crippen LogP contribution is -2.25. The van der Waals surface area contributed by atoms with E-state index in [0.29, 0.717) is 25.2 Å². The third-order valence-corrected chi connectivity index (χ3v) is 6.72. The van der Waals surface area contributed by atoms with Gasteiger partial charge in [-0.15, -0.1) is 10.2 Å². The summed E-state index contributed by atoms with van der Waals surface area (Å²) >= 11 is 0. The van der Waals surface area contributed by atoms with E-state index in [1.165, 1.54) is 23.8 Å². The van der Waals surface area contributed by atoms with Crippen LogP contribution in [0.1, 0.15) is 41.8 Å². The van der Waals surface area contributed by atoms with E-state index in [0.717, 1.165) is 47.8 Å². The third kappa shape index (κ3) is 4.53. The van der Waals surface area contributed by atoms with E-state index in [9.17, 15) is 4.79 Å². The van der Waals surface area contributed by atoms with Gasteiger partial charge in [-0.1, -0.05) is 18.2 Å². The minimum Gasteiger partial charge on any atom is -0.361 e. The lowest BCUT2D eigenvalue weighted by atomic mass is 10.1. The van der Waals surface area contributed by atoms with Crippen LogP contribution >= 0.6 is 0 Å². The van der Waals surface area contributed by atoms with E-state index in [2.05, 4.69) is 42.6 Å². The fraction of sp³-hybridized carbons (Fsp3) is 0.385. The highest BCUT2D eigenvalue weighted by atomic mass is 16.1. The lowest BCUT2D eigenvalue weighted by molar-refractivity contribution is -0.121. The smallest absolute Gasteiger partial charge is 0.220 e. The second-order valence-corrected chi connectivity index (χ2v) is 8.96.